The van der Waals surface area contributed by atoms with Gasteiger partial charge >= 0.3 is 11.9 Å². The minimum absolute atomic E-state index is 0.0667. The lowest BCUT2D eigenvalue weighted by molar-refractivity contribution is -0.296. The summed E-state index contributed by atoms with van der Waals surface area (Å²) in [5, 5.41) is 31.3. The fraction of sp³-hybridized carbons (Fsp3) is 0.786. The second kappa shape index (κ2) is 11.1. The Kier molecular flexibility index (Phi) is 8.96. The number of ether oxygens (including phenoxy) is 4. The molecule has 1 heterocycles. The molecule has 0 aromatic rings. The van der Waals surface area contributed by atoms with E-state index in [4.69, 9.17) is 18.9 Å². The number of esters is 2. The van der Waals surface area contributed by atoms with Crippen molar-refractivity contribution in [1.82, 2.24) is 0 Å². The van der Waals surface area contributed by atoms with Crippen LogP contribution in [-0.4, -0.2) is 77.3 Å². The smallest absolute Gasteiger partial charge is 0.311 e. The lowest BCUT2D eigenvalue weighted by Crippen LogP contribution is -2.61. The highest BCUT2D eigenvalue weighted by atomic mass is 16.7. The zero-order valence-corrected chi connectivity index (χ0v) is 22.9. The van der Waals surface area contributed by atoms with Crippen molar-refractivity contribution in [3.05, 3.63) is 24.3 Å². The number of carbonyl (C=O) groups is 2. The van der Waals surface area contributed by atoms with Crippen molar-refractivity contribution in [2.75, 3.05) is 13.7 Å². The lowest BCUT2D eigenvalue weighted by atomic mass is 9.46. The van der Waals surface area contributed by atoms with Crippen LogP contribution in [0.1, 0.15) is 66.7 Å². The molecular formula is C28H44O9. The van der Waals surface area contributed by atoms with Gasteiger partial charge in [-0.05, 0) is 57.8 Å². The van der Waals surface area contributed by atoms with Gasteiger partial charge in [-0.3, -0.25) is 9.59 Å². The number of hydrogen-bond acceptors (Lipinski definition) is 9. The SMILES string of the molecule is C=CC(C)(O)CCC1C(C)=CC(OC2OCC(O)C(O)C2OC(C)=O)C2C(C)(C(=O)OC)CCCC12C. The van der Waals surface area contributed by atoms with E-state index in [1.807, 2.05) is 19.9 Å². The maximum absolute atomic E-state index is 13.3. The Balaban J connectivity index is 2.04. The number of aliphatic hydroxyl groups excluding tert-OH is 2. The van der Waals surface area contributed by atoms with Gasteiger partial charge in [-0.2, -0.15) is 0 Å². The Morgan fingerprint density at radius 2 is 1.97 bits per heavy atom. The molecule has 10 unspecified atom stereocenters. The predicted molar refractivity (Wildman–Crippen MR) is 135 cm³/mol. The van der Waals surface area contributed by atoms with Crippen LogP contribution in [0.5, 0.6) is 0 Å². The van der Waals surface area contributed by atoms with Gasteiger partial charge in [-0.15, -0.1) is 6.58 Å². The summed E-state index contributed by atoms with van der Waals surface area (Å²) in [6.07, 6.45) is 1.44. The molecule has 37 heavy (non-hydrogen) atoms. The predicted octanol–water partition coefficient (Wildman–Crippen LogP) is 2.66. The fourth-order valence-electron chi connectivity index (χ4n) is 7.03. The second-order valence-corrected chi connectivity index (χ2v) is 11.7. The molecule has 3 N–H and O–H groups in total. The zero-order valence-electron chi connectivity index (χ0n) is 22.9. The van der Waals surface area contributed by atoms with E-state index in [1.54, 1.807) is 13.0 Å². The average Bonchev–Trinajstić information content (AvgIpc) is 2.82. The van der Waals surface area contributed by atoms with Crippen LogP contribution in [-0.2, 0) is 28.5 Å². The van der Waals surface area contributed by atoms with Gasteiger partial charge in [0.1, 0.15) is 12.2 Å². The first-order chi connectivity index (χ1) is 17.2. The van der Waals surface area contributed by atoms with Crippen LogP contribution >= 0.6 is 0 Å². The molecule has 1 saturated carbocycles. The van der Waals surface area contributed by atoms with E-state index in [1.165, 1.54) is 14.0 Å². The van der Waals surface area contributed by atoms with Gasteiger partial charge in [0.15, 0.2) is 12.4 Å². The van der Waals surface area contributed by atoms with Gasteiger partial charge < -0.3 is 34.3 Å². The summed E-state index contributed by atoms with van der Waals surface area (Å²) in [5.41, 5.74) is -1.19. The van der Waals surface area contributed by atoms with E-state index < -0.39 is 47.7 Å². The normalized spacial score (nSPS) is 41.5. The number of rotatable bonds is 8. The average molecular weight is 525 g/mol. The molecule has 1 aliphatic heterocycles. The number of hydrogen-bond donors (Lipinski definition) is 3. The Morgan fingerprint density at radius 1 is 1.30 bits per heavy atom. The van der Waals surface area contributed by atoms with Crippen molar-refractivity contribution < 1.29 is 43.9 Å². The molecule has 3 rings (SSSR count). The molecule has 9 nitrogen and oxygen atoms in total. The fourth-order valence-corrected chi connectivity index (χ4v) is 7.03. The highest BCUT2D eigenvalue weighted by Crippen LogP contribution is 2.62. The third-order valence-corrected chi connectivity index (χ3v) is 8.96. The first kappa shape index (κ1) is 29.8. The standard InChI is InChI=1S/C28H44O9/c1-8-26(4,33)13-10-18-16(2)14-20(23-27(18,5)11-9-12-28(23,6)25(32)34-7)37-24-22(36-17(3)29)21(31)19(30)15-35-24/h8,14,18-24,30-31,33H,1,9-13,15H2,2-7H3. The summed E-state index contributed by atoms with van der Waals surface area (Å²) in [5.74, 6) is -1.22. The largest absolute Gasteiger partial charge is 0.469 e. The van der Waals surface area contributed by atoms with Gasteiger partial charge in [0.25, 0.3) is 0 Å². The maximum Gasteiger partial charge on any atom is 0.311 e. The first-order valence-corrected chi connectivity index (χ1v) is 13.1. The van der Waals surface area contributed by atoms with Gasteiger partial charge in [0.2, 0.25) is 0 Å². The quantitative estimate of drug-likeness (QED) is 0.324. The summed E-state index contributed by atoms with van der Waals surface area (Å²) >= 11 is 0. The third kappa shape index (κ3) is 5.81. The van der Waals surface area contributed by atoms with Crippen LogP contribution in [0.3, 0.4) is 0 Å². The molecule has 2 fully saturated rings. The van der Waals surface area contributed by atoms with Crippen LogP contribution in [0.15, 0.2) is 24.3 Å². The molecule has 0 spiro atoms. The molecule has 3 aliphatic rings. The number of fused-ring (bicyclic) bond motifs is 1. The summed E-state index contributed by atoms with van der Waals surface area (Å²) in [6, 6.07) is 0. The van der Waals surface area contributed by atoms with Crippen LogP contribution in [0.2, 0.25) is 0 Å². The van der Waals surface area contributed by atoms with Crippen molar-refractivity contribution in [3.8, 4) is 0 Å². The van der Waals surface area contributed by atoms with E-state index >= 15 is 0 Å². The molecular weight excluding hydrogens is 480 g/mol. The van der Waals surface area contributed by atoms with Crippen molar-refractivity contribution in [2.45, 2.75) is 103 Å². The molecule has 0 aromatic carbocycles. The monoisotopic (exact) mass is 524 g/mol. The molecule has 0 bridgehead atoms. The van der Waals surface area contributed by atoms with Gasteiger partial charge in [-0.1, -0.05) is 31.1 Å². The first-order valence-electron chi connectivity index (χ1n) is 13.1. The van der Waals surface area contributed by atoms with E-state index in [2.05, 4.69) is 13.5 Å². The zero-order chi connectivity index (χ0) is 27.8. The van der Waals surface area contributed by atoms with Crippen LogP contribution in [0.4, 0.5) is 0 Å². The molecule has 0 radical (unpaired) electrons. The summed E-state index contributed by atoms with van der Waals surface area (Å²) < 4.78 is 22.7. The Labute approximate surface area is 219 Å². The van der Waals surface area contributed by atoms with E-state index in [-0.39, 0.29) is 29.8 Å². The molecule has 1 saturated heterocycles. The van der Waals surface area contributed by atoms with Gasteiger partial charge in [0, 0.05) is 12.8 Å². The minimum atomic E-state index is -1.38. The molecule has 9 heteroatoms. The number of methoxy groups -OCH3 is 1. The maximum atomic E-state index is 13.3. The molecule has 0 aromatic heterocycles. The number of aliphatic hydroxyl groups is 3. The van der Waals surface area contributed by atoms with Crippen molar-refractivity contribution in [1.29, 1.82) is 0 Å². The van der Waals surface area contributed by atoms with Crippen molar-refractivity contribution >= 4 is 11.9 Å². The van der Waals surface area contributed by atoms with E-state index in [9.17, 15) is 24.9 Å². The van der Waals surface area contributed by atoms with Gasteiger partial charge in [0.05, 0.1) is 30.8 Å². The summed E-state index contributed by atoms with van der Waals surface area (Å²) in [4.78, 5) is 25.0. The summed E-state index contributed by atoms with van der Waals surface area (Å²) in [6.45, 7) is 12.6. The minimum Gasteiger partial charge on any atom is -0.469 e. The van der Waals surface area contributed by atoms with Crippen LogP contribution in [0.25, 0.3) is 0 Å². The molecule has 0 amide bonds. The van der Waals surface area contributed by atoms with E-state index in [0.29, 0.717) is 19.3 Å². The van der Waals surface area contributed by atoms with Crippen LogP contribution < -0.4 is 0 Å². The summed E-state index contributed by atoms with van der Waals surface area (Å²) in [7, 11) is 1.39. The van der Waals surface area contributed by atoms with Crippen molar-refractivity contribution in [3.63, 3.8) is 0 Å². The molecule has 2 aliphatic carbocycles. The topological polar surface area (TPSA) is 132 Å². The number of carbonyl (C=O) groups excluding carboxylic acids is 2. The molecule has 210 valence electrons. The van der Waals surface area contributed by atoms with Crippen LogP contribution in [0, 0.1) is 22.7 Å². The van der Waals surface area contributed by atoms with E-state index in [0.717, 1.165) is 18.4 Å². The Hall–Kier alpha value is -1.78. The third-order valence-electron chi connectivity index (χ3n) is 8.96. The Bertz CT molecular complexity index is 898. The number of allylic oxidation sites excluding steroid dienone is 1. The second-order valence-electron chi connectivity index (χ2n) is 11.7. The highest BCUT2D eigenvalue weighted by molar-refractivity contribution is 5.77. The molecule has 10 atom stereocenters. The lowest BCUT2D eigenvalue weighted by Gasteiger charge is -2.59. The highest BCUT2D eigenvalue weighted by Gasteiger charge is 2.61. The Morgan fingerprint density at radius 3 is 2.57 bits per heavy atom. The van der Waals surface area contributed by atoms with Gasteiger partial charge in [-0.25, -0.2) is 0 Å². The van der Waals surface area contributed by atoms with Crippen molar-refractivity contribution in [2.24, 2.45) is 22.7 Å².